The van der Waals surface area contributed by atoms with Crippen molar-refractivity contribution in [1.82, 2.24) is 9.47 Å². The molecule has 2 aromatic carbocycles. The van der Waals surface area contributed by atoms with E-state index in [-0.39, 0.29) is 5.91 Å². The second-order valence-electron chi connectivity index (χ2n) is 9.61. The Labute approximate surface area is 214 Å². The molecule has 0 radical (unpaired) electrons. The average molecular weight is 487 g/mol. The topological polar surface area (TPSA) is 61.1 Å². The molecule has 6 heteroatoms. The molecule has 0 bridgehead atoms. The van der Waals surface area contributed by atoms with E-state index in [0.717, 1.165) is 60.9 Å². The van der Waals surface area contributed by atoms with Gasteiger partial charge in [-0.3, -0.25) is 4.79 Å². The number of rotatable bonds is 12. The first-order valence-corrected chi connectivity index (χ1v) is 13.2. The Bertz CT molecular complexity index is 1220. The van der Waals surface area contributed by atoms with Gasteiger partial charge >= 0.3 is 0 Å². The van der Waals surface area contributed by atoms with Gasteiger partial charge in [0.25, 0.3) is 5.91 Å². The second-order valence-corrected chi connectivity index (χ2v) is 9.61. The minimum Gasteiger partial charge on any atom is -0.390 e. The molecule has 0 saturated carbocycles. The van der Waals surface area contributed by atoms with Gasteiger partial charge in [0.05, 0.1) is 23.1 Å². The minimum atomic E-state index is -0.472. The summed E-state index contributed by atoms with van der Waals surface area (Å²) in [5, 5.41) is 18.0. The Morgan fingerprint density at radius 3 is 2.36 bits per heavy atom. The first-order valence-electron chi connectivity index (χ1n) is 13.2. The number of aromatic nitrogens is 1. The number of aliphatic hydroxyl groups is 1. The van der Waals surface area contributed by atoms with Crippen LogP contribution in [0.2, 0.25) is 0 Å². The zero-order chi connectivity index (χ0) is 25.5. The van der Waals surface area contributed by atoms with Gasteiger partial charge in [-0.15, -0.1) is 0 Å². The molecule has 1 aromatic heterocycles. The molecule has 1 N–H and O–H groups in total. The Hall–Kier alpha value is -3.22. The van der Waals surface area contributed by atoms with Gasteiger partial charge in [0.15, 0.2) is 0 Å². The molecule has 36 heavy (non-hydrogen) atoms. The number of unbranched alkanes of at least 4 members (excludes halogenated alkanes) is 2. The SMILES string of the molecule is CCCCN(CCCC)CC(O)Cn1cc(/C=C2/C(=O)N(c3ccccc3)N=C2C)c2ccccc21. The van der Waals surface area contributed by atoms with Gasteiger partial charge in [-0.1, -0.05) is 63.1 Å². The predicted molar refractivity (Wildman–Crippen MR) is 149 cm³/mol. The van der Waals surface area contributed by atoms with Gasteiger partial charge in [-0.25, -0.2) is 0 Å². The van der Waals surface area contributed by atoms with Crippen LogP contribution in [0, 0.1) is 0 Å². The van der Waals surface area contributed by atoms with Gasteiger partial charge < -0.3 is 14.6 Å². The number of fused-ring (bicyclic) bond motifs is 1. The maximum absolute atomic E-state index is 13.2. The third-order valence-corrected chi connectivity index (χ3v) is 6.71. The summed E-state index contributed by atoms with van der Waals surface area (Å²) in [6.45, 7) is 9.51. The van der Waals surface area contributed by atoms with Crippen LogP contribution in [-0.2, 0) is 11.3 Å². The van der Waals surface area contributed by atoms with Gasteiger partial charge in [0.2, 0.25) is 0 Å². The highest BCUT2D eigenvalue weighted by Crippen LogP contribution is 2.28. The van der Waals surface area contributed by atoms with Crippen molar-refractivity contribution < 1.29 is 9.90 Å². The summed E-state index contributed by atoms with van der Waals surface area (Å²) in [5.41, 5.74) is 4.05. The molecule has 1 amide bonds. The Kier molecular flexibility index (Phi) is 8.73. The zero-order valence-corrected chi connectivity index (χ0v) is 21.7. The number of hydrogen-bond donors (Lipinski definition) is 1. The van der Waals surface area contributed by atoms with Crippen molar-refractivity contribution in [1.29, 1.82) is 0 Å². The molecule has 0 fully saturated rings. The molecule has 1 aliphatic heterocycles. The van der Waals surface area contributed by atoms with Gasteiger partial charge in [0, 0.05) is 35.8 Å². The van der Waals surface area contributed by atoms with E-state index in [0.29, 0.717) is 24.4 Å². The lowest BCUT2D eigenvalue weighted by atomic mass is 10.1. The summed E-state index contributed by atoms with van der Waals surface area (Å²) in [5.74, 6) is -0.127. The number of nitrogens with zero attached hydrogens (tertiary/aromatic N) is 4. The Morgan fingerprint density at radius 2 is 1.67 bits per heavy atom. The molecular formula is C30H38N4O2. The van der Waals surface area contributed by atoms with Crippen molar-refractivity contribution in [3.63, 3.8) is 0 Å². The lowest BCUT2D eigenvalue weighted by Crippen LogP contribution is -2.36. The van der Waals surface area contributed by atoms with E-state index in [4.69, 9.17) is 0 Å². The maximum atomic E-state index is 13.2. The lowest BCUT2D eigenvalue weighted by molar-refractivity contribution is -0.114. The molecule has 3 aromatic rings. The highest BCUT2D eigenvalue weighted by molar-refractivity contribution is 6.32. The van der Waals surface area contributed by atoms with Crippen LogP contribution in [0.25, 0.3) is 17.0 Å². The smallest absolute Gasteiger partial charge is 0.280 e. The number of para-hydroxylation sites is 2. The van der Waals surface area contributed by atoms with Crippen molar-refractivity contribution in [2.24, 2.45) is 5.10 Å². The molecule has 0 aliphatic carbocycles. The van der Waals surface area contributed by atoms with Crippen molar-refractivity contribution in [2.45, 2.75) is 59.1 Å². The second kappa shape index (κ2) is 12.2. The van der Waals surface area contributed by atoms with Crippen molar-refractivity contribution in [2.75, 3.05) is 24.6 Å². The number of hydrazone groups is 1. The first-order chi connectivity index (χ1) is 17.5. The van der Waals surface area contributed by atoms with Crippen LogP contribution in [0.1, 0.15) is 52.0 Å². The zero-order valence-electron chi connectivity index (χ0n) is 21.7. The molecule has 1 unspecified atom stereocenters. The Balaban J connectivity index is 1.57. The number of carbonyl (C=O) groups excluding carboxylic acids is 1. The monoisotopic (exact) mass is 486 g/mol. The summed E-state index contributed by atoms with van der Waals surface area (Å²) >= 11 is 0. The lowest BCUT2D eigenvalue weighted by Gasteiger charge is -2.25. The van der Waals surface area contributed by atoms with Gasteiger partial charge in [-0.05, 0) is 57.1 Å². The van der Waals surface area contributed by atoms with Crippen molar-refractivity contribution >= 4 is 34.3 Å². The normalized spacial score (nSPS) is 15.9. The number of hydrogen-bond acceptors (Lipinski definition) is 4. The van der Waals surface area contributed by atoms with E-state index in [9.17, 15) is 9.90 Å². The van der Waals surface area contributed by atoms with Crippen LogP contribution in [0.5, 0.6) is 0 Å². The van der Waals surface area contributed by atoms with E-state index >= 15 is 0 Å². The fraction of sp³-hybridized carbons (Fsp3) is 0.400. The molecule has 0 spiro atoms. The van der Waals surface area contributed by atoms with Crippen LogP contribution in [0.4, 0.5) is 5.69 Å². The summed E-state index contributed by atoms with van der Waals surface area (Å²) in [7, 11) is 0. The number of carbonyl (C=O) groups is 1. The molecule has 6 nitrogen and oxygen atoms in total. The summed E-state index contributed by atoms with van der Waals surface area (Å²) in [6, 6.07) is 17.7. The average Bonchev–Trinajstić information content (AvgIpc) is 3.38. The first kappa shape index (κ1) is 25.9. The van der Waals surface area contributed by atoms with Gasteiger partial charge in [0.1, 0.15) is 0 Å². The number of benzene rings is 2. The molecule has 190 valence electrons. The van der Waals surface area contributed by atoms with Crippen LogP contribution in [0.15, 0.2) is 71.5 Å². The predicted octanol–water partition coefficient (Wildman–Crippen LogP) is 5.71. The maximum Gasteiger partial charge on any atom is 0.280 e. The molecule has 2 heterocycles. The van der Waals surface area contributed by atoms with Crippen molar-refractivity contribution in [3.05, 3.63) is 71.9 Å². The largest absolute Gasteiger partial charge is 0.390 e. The standard InChI is InChI=1S/C30H38N4O2/c1-4-6-17-32(18-7-5-2)21-26(35)22-33-20-24(27-15-11-12-16-29(27)33)19-28-23(3)31-34(30(28)36)25-13-9-8-10-14-25/h8-16,19-20,26,35H,4-7,17-18,21-22H2,1-3H3/b28-19+. The fourth-order valence-corrected chi connectivity index (χ4v) is 4.77. The number of anilines is 1. The van der Waals surface area contributed by atoms with Crippen LogP contribution in [-0.4, -0.2) is 51.9 Å². The molecule has 0 saturated heterocycles. The van der Waals surface area contributed by atoms with Crippen LogP contribution >= 0.6 is 0 Å². The third-order valence-electron chi connectivity index (χ3n) is 6.71. The Morgan fingerprint density at radius 1 is 1.00 bits per heavy atom. The van der Waals surface area contributed by atoms with Crippen LogP contribution in [0.3, 0.4) is 0 Å². The minimum absolute atomic E-state index is 0.127. The van der Waals surface area contributed by atoms with Gasteiger partial charge in [-0.2, -0.15) is 10.1 Å². The highest BCUT2D eigenvalue weighted by Gasteiger charge is 2.29. The van der Waals surface area contributed by atoms with E-state index < -0.39 is 6.10 Å². The summed E-state index contributed by atoms with van der Waals surface area (Å²) in [4.78, 5) is 15.6. The molecular weight excluding hydrogens is 448 g/mol. The molecule has 1 atom stereocenters. The van der Waals surface area contributed by atoms with E-state index in [1.807, 2.05) is 55.5 Å². The third kappa shape index (κ3) is 5.94. The highest BCUT2D eigenvalue weighted by atomic mass is 16.3. The van der Waals surface area contributed by atoms with E-state index in [1.165, 1.54) is 5.01 Å². The number of aliphatic hydroxyl groups excluding tert-OH is 1. The quantitative estimate of drug-likeness (QED) is 0.334. The molecule has 4 rings (SSSR count). The number of amides is 1. The molecule has 1 aliphatic rings. The summed E-state index contributed by atoms with van der Waals surface area (Å²) < 4.78 is 2.12. The summed E-state index contributed by atoms with van der Waals surface area (Å²) in [6.07, 6.45) is 8.12. The van der Waals surface area contributed by atoms with E-state index in [1.54, 1.807) is 0 Å². The van der Waals surface area contributed by atoms with E-state index in [2.05, 4.69) is 46.7 Å². The fourth-order valence-electron chi connectivity index (χ4n) is 4.77. The van der Waals surface area contributed by atoms with Crippen molar-refractivity contribution in [3.8, 4) is 0 Å². The van der Waals surface area contributed by atoms with Crippen LogP contribution < -0.4 is 5.01 Å².